The molecule has 2 rings (SSSR count). The number of nitrogens with two attached hydrogens (primary N) is 1. The maximum absolute atomic E-state index is 12.6. The van der Waals surface area contributed by atoms with Crippen LogP contribution in [0, 0.1) is 6.92 Å². The zero-order valence-electron chi connectivity index (χ0n) is 10.4. The van der Waals surface area contributed by atoms with Crippen LogP contribution in [-0.2, 0) is 12.6 Å². The van der Waals surface area contributed by atoms with Gasteiger partial charge in [-0.25, -0.2) is 0 Å². The van der Waals surface area contributed by atoms with E-state index >= 15 is 0 Å². The van der Waals surface area contributed by atoms with E-state index in [1.165, 1.54) is 12.3 Å². The molecule has 1 aromatic carbocycles. The van der Waals surface area contributed by atoms with Gasteiger partial charge in [0, 0.05) is 11.6 Å². The van der Waals surface area contributed by atoms with Crippen molar-refractivity contribution in [2.24, 2.45) is 5.73 Å². The third kappa shape index (κ3) is 3.38. The Kier molecular flexibility index (Phi) is 3.66. The van der Waals surface area contributed by atoms with Crippen molar-refractivity contribution in [3.05, 3.63) is 59.0 Å². The number of alkyl halides is 3. The highest BCUT2D eigenvalue weighted by molar-refractivity contribution is 5.28. The van der Waals surface area contributed by atoms with E-state index in [4.69, 9.17) is 10.2 Å². The fourth-order valence-corrected chi connectivity index (χ4v) is 1.90. The Morgan fingerprint density at radius 1 is 1.26 bits per heavy atom. The number of furan rings is 1. The second-order valence-electron chi connectivity index (χ2n) is 4.50. The Hall–Kier alpha value is -1.75. The standard InChI is InChI=1S/C14H14F3NO/c1-9-5-11(8-19-9)13(18)7-10-3-2-4-12(6-10)14(15,16)17/h2-6,8,13H,7,18H2,1H3. The molecule has 0 aliphatic carbocycles. The third-order valence-electron chi connectivity index (χ3n) is 2.89. The Morgan fingerprint density at radius 3 is 2.58 bits per heavy atom. The molecule has 1 unspecified atom stereocenters. The van der Waals surface area contributed by atoms with Gasteiger partial charge in [-0.3, -0.25) is 0 Å². The molecule has 0 spiro atoms. The first kappa shape index (κ1) is 13.7. The molecule has 0 fully saturated rings. The molecule has 5 heteroatoms. The smallest absolute Gasteiger partial charge is 0.416 e. The molecule has 0 radical (unpaired) electrons. The number of rotatable bonds is 3. The number of benzene rings is 1. The van der Waals surface area contributed by atoms with Gasteiger partial charge < -0.3 is 10.2 Å². The Balaban J connectivity index is 2.15. The van der Waals surface area contributed by atoms with E-state index in [1.54, 1.807) is 19.1 Å². The van der Waals surface area contributed by atoms with Gasteiger partial charge in [-0.1, -0.05) is 18.2 Å². The van der Waals surface area contributed by atoms with E-state index in [1.807, 2.05) is 0 Å². The number of hydrogen-bond acceptors (Lipinski definition) is 2. The van der Waals surface area contributed by atoms with E-state index in [0.29, 0.717) is 12.0 Å². The first-order chi connectivity index (χ1) is 8.86. The predicted molar refractivity (Wildman–Crippen MR) is 65.5 cm³/mol. The van der Waals surface area contributed by atoms with Crippen molar-refractivity contribution in [2.75, 3.05) is 0 Å². The SMILES string of the molecule is Cc1cc(C(N)Cc2cccc(C(F)(F)F)c2)co1. The minimum absolute atomic E-state index is 0.336. The lowest BCUT2D eigenvalue weighted by Gasteiger charge is -2.12. The lowest BCUT2D eigenvalue weighted by Crippen LogP contribution is -2.13. The molecule has 102 valence electrons. The van der Waals surface area contributed by atoms with Crippen molar-refractivity contribution in [3.63, 3.8) is 0 Å². The summed E-state index contributed by atoms with van der Waals surface area (Å²) < 4.78 is 42.9. The maximum Gasteiger partial charge on any atom is 0.416 e. The van der Waals surface area contributed by atoms with Gasteiger partial charge in [0.2, 0.25) is 0 Å². The average Bonchev–Trinajstić information content (AvgIpc) is 2.75. The zero-order valence-corrected chi connectivity index (χ0v) is 10.4. The van der Waals surface area contributed by atoms with Crippen LogP contribution in [0.25, 0.3) is 0 Å². The van der Waals surface area contributed by atoms with Gasteiger partial charge in [0.05, 0.1) is 11.8 Å². The van der Waals surface area contributed by atoms with E-state index in [2.05, 4.69) is 0 Å². The highest BCUT2D eigenvalue weighted by Crippen LogP contribution is 2.30. The Morgan fingerprint density at radius 2 is 2.00 bits per heavy atom. The summed E-state index contributed by atoms with van der Waals surface area (Å²) in [6.45, 7) is 1.79. The summed E-state index contributed by atoms with van der Waals surface area (Å²) in [4.78, 5) is 0. The topological polar surface area (TPSA) is 39.2 Å². The van der Waals surface area contributed by atoms with E-state index in [9.17, 15) is 13.2 Å². The zero-order chi connectivity index (χ0) is 14.0. The van der Waals surface area contributed by atoms with Crippen molar-refractivity contribution < 1.29 is 17.6 Å². The molecule has 1 aromatic heterocycles. The first-order valence-electron chi connectivity index (χ1n) is 5.83. The number of aryl methyl sites for hydroxylation is 1. The summed E-state index contributed by atoms with van der Waals surface area (Å²) >= 11 is 0. The summed E-state index contributed by atoms with van der Waals surface area (Å²) in [7, 11) is 0. The minimum Gasteiger partial charge on any atom is -0.469 e. The highest BCUT2D eigenvalue weighted by Gasteiger charge is 2.30. The molecule has 0 bridgehead atoms. The van der Waals surface area contributed by atoms with Crippen molar-refractivity contribution in [1.82, 2.24) is 0 Å². The molecular formula is C14H14F3NO. The molecular weight excluding hydrogens is 255 g/mol. The molecule has 2 aromatic rings. The van der Waals surface area contributed by atoms with Crippen LogP contribution in [0.1, 0.15) is 28.5 Å². The van der Waals surface area contributed by atoms with Crippen LogP contribution in [-0.4, -0.2) is 0 Å². The second-order valence-corrected chi connectivity index (χ2v) is 4.50. The largest absolute Gasteiger partial charge is 0.469 e. The van der Waals surface area contributed by atoms with Crippen molar-refractivity contribution in [3.8, 4) is 0 Å². The molecule has 1 atom stereocenters. The van der Waals surface area contributed by atoms with Crippen LogP contribution in [0.5, 0.6) is 0 Å². The van der Waals surface area contributed by atoms with E-state index in [0.717, 1.165) is 23.5 Å². The molecule has 19 heavy (non-hydrogen) atoms. The quantitative estimate of drug-likeness (QED) is 0.919. The number of halogens is 3. The molecule has 1 heterocycles. The Labute approximate surface area is 109 Å². The highest BCUT2D eigenvalue weighted by atomic mass is 19.4. The average molecular weight is 269 g/mol. The van der Waals surface area contributed by atoms with Crippen molar-refractivity contribution in [2.45, 2.75) is 25.6 Å². The van der Waals surface area contributed by atoms with E-state index in [-0.39, 0.29) is 6.04 Å². The van der Waals surface area contributed by atoms with Gasteiger partial charge in [-0.2, -0.15) is 13.2 Å². The van der Waals surface area contributed by atoms with Gasteiger partial charge in [-0.05, 0) is 31.0 Å². The van der Waals surface area contributed by atoms with Gasteiger partial charge in [0.25, 0.3) is 0 Å². The summed E-state index contributed by atoms with van der Waals surface area (Å²) in [5, 5.41) is 0. The molecule has 0 saturated heterocycles. The lowest BCUT2D eigenvalue weighted by molar-refractivity contribution is -0.137. The third-order valence-corrected chi connectivity index (χ3v) is 2.89. The van der Waals surface area contributed by atoms with Crippen LogP contribution < -0.4 is 5.73 Å². The van der Waals surface area contributed by atoms with Crippen LogP contribution in [0.4, 0.5) is 13.2 Å². The predicted octanol–water partition coefficient (Wildman–Crippen LogP) is 3.85. The fraction of sp³-hybridized carbons (Fsp3) is 0.286. The molecule has 0 aliphatic heterocycles. The fourth-order valence-electron chi connectivity index (χ4n) is 1.90. The second kappa shape index (κ2) is 5.09. The number of hydrogen-bond donors (Lipinski definition) is 1. The van der Waals surface area contributed by atoms with Gasteiger partial charge in [-0.15, -0.1) is 0 Å². The lowest BCUT2D eigenvalue weighted by atomic mass is 10.00. The minimum atomic E-state index is -4.33. The summed E-state index contributed by atoms with van der Waals surface area (Å²) in [6, 6.07) is 6.64. The van der Waals surface area contributed by atoms with Gasteiger partial charge in [0.1, 0.15) is 5.76 Å². The van der Waals surface area contributed by atoms with Gasteiger partial charge in [0.15, 0.2) is 0 Å². The van der Waals surface area contributed by atoms with Crippen LogP contribution in [0.3, 0.4) is 0 Å². The molecule has 0 amide bonds. The van der Waals surface area contributed by atoms with Crippen LogP contribution in [0.2, 0.25) is 0 Å². The normalized spacial score (nSPS) is 13.5. The molecule has 2 N–H and O–H groups in total. The monoisotopic (exact) mass is 269 g/mol. The molecule has 0 aliphatic rings. The molecule has 2 nitrogen and oxygen atoms in total. The van der Waals surface area contributed by atoms with Crippen LogP contribution >= 0.6 is 0 Å². The molecule has 0 saturated carbocycles. The van der Waals surface area contributed by atoms with Crippen LogP contribution in [0.15, 0.2) is 41.0 Å². The van der Waals surface area contributed by atoms with Crippen molar-refractivity contribution >= 4 is 0 Å². The van der Waals surface area contributed by atoms with E-state index < -0.39 is 11.7 Å². The summed E-state index contributed by atoms with van der Waals surface area (Å²) in [6.07, 6.45) is -2.46. The maximum atomic E-state index is 12.6. The first-order valence-corrected chi connectivity index (χ1v) is 5.83. The summed E-state index contributed by atoms with van der Waals surface area (Å²) in [5.74, 6) is 0.731. The Bertz CT molecular complexity index is 560. The van der Waals surface area contributed by atoms with Gasteiger partial charge >= 0.3 is 6.18 Å². The summed E-state index contributed by atoms with van der Waals surface area (Å²) in [5.41, 5.74) is 6.65. The van der Waals surface area contributed by atoms with Crippen molar-refractivity contribution in [1.29, 1.82) is 0 Å².